The van der Waals surface area contributed by atoms with E-state index >= 15 is 0 Å². The van der Waals surface area contributed by atoms with E-state index in [9.17, 15) is 0 Å². The maximum atomic E-state index is 4.96. The summed E-state index contributed by atoms with van der Waals surface area (Å²) < 4.78 is 1.94. The average Bonchev–Trinajstić information content (AvgIpc) is 3.12. The van der Waals surface area contributed by atoms with Gasteiger partial charge in [-0.3, -0.25) is 4.90 Å². The van der Waals surface area contributed by atoms with E-state index in [2.05, 4.69) is 63.6 Å². The van der Waals surface area contributed by atoms with Crippen molar-refractivity contribution in [2.75, 3.05) is 13.1 Å². The molecule has 0 saturated carbocycles. The zero-order chi connectivity index (χ0) is 17.3. The van der Waals surface area contributed by atoms with Crippen molar-refractivity contribution in [3.63, 3.8) is 0 Å². The minimum atomic E-state index is 0.806. The molecule has 0 aliphatic carbocycles. The Bertz CT molecular complexity index is 1050. The quantitative estimate of drug-likeness (QED) is 0.565. The average molecular weight is 343 g/mol. The first-order valence-corrected chi connectivity index (χ1v) is 9.31. The minimum Gasteiger partial charge on any atom is -0.296 e. The molecule has 0 N–H and O–H groups in total. The number of nitrogens with zero attached hydrogens (tertiary/aromatic N) is 5. The zero-order valence-electron chi connectivity index (χ0n) is 14.7. The topological polar surface area (TPSA) is 46.3 Å². The Kier molecular flexibility index (Phi) is 3.87. The largest absolute Gasteiger partial charge is 0.296 e. The minimum absolute atomic E-state index is 0.806. The lowest BCUT2D eigenvalue weighted by molar-refractivity contribution is 0.214. The highest BCUT2D eigenvalue weighted by Gasteiger charge is 2.18. The van der Waals surface area contributed by atoms with Gasteiger partial charge in [0.15, 0.2) is 11.5 Å². The van der Waals surface area contributed by atoms with Gasteiger partial charge in [-0.25, -0.2) is 0 Å². The number of hydrogen-bond acceptors (Lipinski definition) is 4. The molecule has 2 aromatic carbocycles. The fourth-order valence-corrected chi connectivity index (χ4v) is 3.85. The van der Waals surface area contributed by atoms with Crippen molar-refractivity contribution >= 4 is 16.4 Å². The van der Waals surface area contributed by atoms with Gasteiger partial charge in [-0.1, -0.05) is 61.0 Å². The van der Waals surface area contributed by atoms with Crippen LogP contribution in [0.15, 0.2) is 54.6 Å². The highest BCUT2D eigenvalue weighted by molar-refractivity contribution is 6.01. The second-order valence-electron chi connectivity index (χ2n) is 6.95. The summed E-state index contributed by atoms with van der Waals surface area (Å²) in [6.07, 6.45) is 3.86. The van der Waals surface area contributed by atoms with Crippen LogP contribution in [0.1, 0.15) is 25.1 Å². The predicted octanol–water partition coefficient (Wildman–Crippen LogP) is 3.93. The van der Waals surface area contributed by atoms with Gasteiger partial charge in [0, 0.05) is 16.3 Å². The summed E-state index contributed by atoms with van der Waals surface area (Å²) in [5, 5.41) is 16.1. The van der Waals surface area contributed by atoms with Gasteiger partial charge in [0.05, 0.1) is 12.2 Å². The fourth-order valence-electron chi connectivity index (χ4n) is 3.85. The molecule has 0 radical (unpaired) electrons. The molecule has 0 unspecified atom stereocenters. The first kappa shape index (κ1) is 15.5. The molecule has 5 heteroatoms. The van der Waals surface area contributed by atoms with Crippen LogP contribution in [0.4, 0.5) is 0 Å². The number of aromatic nitrogens is 4. The van der Waals surface area contributed by atoms with E-state index < -0.39 is 0 Å². The lowest BCUT2D eigenvalue weighted by Crippen LogP contribution is -2.30. The first-order valence-electron chi connectivity index (χ1n) is 9.31. The van der Waals surface area contributed by atoms with Crippen molar-refractivity contribution in [1.29, 1.82) is 0 Å². The summed E-state index contributed by atoms with van der Waals surface area (Å²) in [6, 6.07) is 18.7. The number of piperidine rings is 1. The summed E-state index contributed by atoms with van der Waals surface area (Å²) in [5.74, 6) is 0.921. The van der Waals surface area contributed by atoms with Gasteiger partial charge in [0.25, 0.3) is 0 Å². The van der Waals surface area contributed by atoms with Gasteiger partial charge in [0.1, 0.15) is 0 Å². The normalized spacial score (nSPS) is 15.7. The maximum absolute atomic E-state index is 4.96. The van der Waals surface area contributed by atoms with Gasteiger partial charge in [-0.2, -0.15) is 9.61 Å². The number of benzene rings is 2. The van der Waals surface area contributed by atoms with E-state index in [-0.39, 0.29) is 0 Å². The van der Waals surface area contributed by atoms with Gasteiger partial charge in [-0.15, -0.1) is 10.2 Å². The zero-order valence-corrected chi connectivity index (χ0v) is 14.7. The third kappa shape index (κ3) is 2.65. The Morgan fingerprint density at radius 3 is 2.31 bits per heavy atom. The molecule has 4 aromatic rings. The van der Waals surface area contributed by atoms with Crippen molar-refractivity contribution in [2.24, 2.45) is 0 Å². The van der Waals surface area contributed by atoms with E-state index in [4.69, 9.17) is 5.10 Å². The lowest BCUT2D eigenvalue weighted by Gasteiger charge is -2.25. The highest BCUT2D eigenvalue weighted by Crippen LogP contribution is 2.29. The standard InChI is InChI=1S/C21H21N5/c1-3-9-16(10-4-1)20-17-11-5-6-12-18(17)21-23-22-19(26(21)24-20)15-25-13-7-2-8-14-25/h1,3-6,9-12H,2,7-8,13-15H2. The maximum Gasteiger partial charge on any atom is 0.185 e. The number of fused-ring (bicyclic) bond motifs is 3. The second kappa shape index (κ2) is 6.50. The molecule has 1 aliphatic heterocycles. The van der Waals surface area contributed by atoms with Gasteiger partial charge in [0.2, 0.25) is 0 Å². The summed E-state index contributed by atoms with van der Waals surface area (Å²) in [7, 11) is 0. The van der Waals surface area contributed by atoms with Crippen LogP contribution < -0.4 is 0 Å². The number of rotatable bonds is 3. The Hall–Kier alpha value is -2.79. The summed E-state index contributed by atoms with van der Waals surface area (Å²) in [4.78, 5) is 2.46. The van der Waals surface area contributed by atoms with Crippen LogP contribution in [0.2, 0.25) is 0 Å². The lowest BCUT2D eigenvalue weighted by atomic mass is 10.1. The molecular weight excluding hydrogens is 322 g/mol. The van der Waals surface area contributed by atoms with Gasteiger partial charge < -0.3 is 0 Å². The molecule has 2 aromatic heterocycles. The molecule has 5 rings (SSSR count). The molecule has 0 spiro atoms. The van der Waals surface area contributed by atoms with Crippen LogP contribution in [-0.2, 0) is 6.54 Å². The molecule has 0 atom stereocenters. The molecule has 5 nitrogen and oxygen atoms in total. The SMILES string of the molecule is c1ccc(-c2nn3c(CN4CCCCC4)nnc3c3ccccc23)cc1. The molecule has 0 bridgehead atoms. The van der Waals surface area contributed by atoms with Crippen LogP contribution in [0.3, 0.4) is 0 Å². The summed E-state index contributed by atoms with van der Waals surface area (Å²) >= 11 is 0. The summed E-state index contributed by atoms with van der Waals surface area (Å²) in [5.41, 5.74) is 2.93. The molecule has 1 saturated heterocycles. The van der Waals surface area contributed by atoms with Crippen LogP contribution in [-0.4, -0.2) is 37.8 Å². The molecule has 26 heavy (non-hydrogen) atoms. The highest BCUT2D eigenvalue weighted by atomic mass is 15.4. The van der Waals surface area contributed by atoms with E-state index in [1.807, 2.05) is 10.6 Å². The Morgan fingerprint density at radius 2 is 1.50 bits per heavy atom. The van der Waals surface area contributed by atoms with Crippen molar-refractivity contribution in [1.82, 2.24) is 24.7 Å². The number of hydrogen-bond donors (Lipinski definition) is 0. The Balaban J connectivity index is 1.69. The second-order valence-corrected chi connectivity index (χ2v) is 6.95. The molecular formula is C21H21N5. The smallest absolute Gasteiger partial charge is 0.185 e. The molecule has 1 fully saturated rings. The molecule has 130 valence electrons. The first-order chi connectivity index (χ1) is 12.9. The van der Waals surface area contributed by atoms with Gasteiger partial charge in [-0.05, 0) is 25.9 Å². The Morgan fingerprint density at radius 1 is 0.769 bits per heavy atom. The van der Waals surface area contributed by atoms with Crippen molar-refractivity contribution in [3.8, 4) is 11.3 Å². The predicted molar refractivity (Wildman–Crippen MR) is 103 cm³/mol. The van der Waals surface area contributed by atoms with E-state index in [1.54, 1.807) is 0 Å². The molecule has 1 aliphatic rings. The van der Waals surface area contributed by atoms with Crippen molar-refractivity contribution in [2.45, 2.75) is 25.8 Å². The van der Waals surface area contributed by atoms with Crippen LogP contribution in [0.5, 0.6) is 0 Å². The van der Waals surface area contributed by atoms with Crippen LogP contribution in [0.25, 0.3) is 27.7 Å². The van der Waals surface area contributed by atoms with E-state index in [0.717, 1.165) is 53.1 Å². The molecule has 3 heterocycles. The third-order valence-corrected chi connectivity index (χ3v) is 5.19. The van der Waals surface area contributed by atoms with Crippen LogP contribution >= 0.6 is 0 Å². The number of likely N-dealkylation sites (tertiary alicyclic amines) is 1. The fraction of sp³-hybridized carbons (Fsp3) is 0.286. The summed E-state index contributed by atoms with van der Waals surface area (Å²) in [6.45, 7) is 3.07. The van der Waals surface area contributed by atoms with Gasteiger partial charge >= 0.3 is 0 Å². The third-order valence-electron chi connectivity index (χ3n) is 5.19. The molecule has 0 amide bonds. The van der Waals surface area contributed by atoms with Crippen molar-refractivity contribution < 1.29 is 0 Å². The van der Waals surface area contributed by atoms with E-state index in [1.165, 1.54) is 19.3 Å². The Labute approximate surface area is 152 Å². The monoisotopic (exact) mass is 343 g/mol. The van der Waals surface area contributed by atoms with E-state index in [0.29, 0.717) is 0 Å². The van der Waals surface area contributed by atoms with Crippen molar-refractivity contribution in [3.05, 3.63) is 60.4 Å². The van der Waals surface area contributed by atoms with Crippen LogP contribution in [0, 0.1) is 0 Å².